The van der Waals surface area contributed by atoms with E-state index in [4.69, 9.17) is 4.84 Å². The molecule has 0 radical (unpaired) electrons. The van der Waals surface area contributed by atoms with Gasteiger partial charge in [-0.3, -0.25) is 4.84 Å². The second kappa shape index (κ2) is 1.71. The molecule has 2 unspecified atom stereocenters. The fourth-order valence-corrected chi connectivity index (χ4v) is 1.50. The predicted octanol–water partition coefficient (Wildman–Crippen LogP) is 0.644. The van der Waals surface area contributed by atoms with E-state index in [0.717, 1.165) is 12.5 Å². The smallest absolute Gasteiger partial charge is 0.0688 e. The Morgan fingerprint density at radius 1 is 1.38 bits per heavy atom. The Labute approximate surface area is 49.4 Å². The first-order valence-electron chi connectivity index (χ1n) is 3.33. The topological polar surface area (TPSA) is 12.5 Å². The van der Waals surface area contributed by atoms with Crippen molar-refractivity contribution in [2.24, 2.45) is 5.92 Å². The molecule has 2 atom stereocenters. The Bertz CT molecular complexity index is 80.5. The zero-order chi connectivity index (χ0) is 5.40. The second-order valence-corrected chi connectivity index (χ2v) is 2.66. The Morgan fingerprint density at radius 3 is 3.12 bits per heavy atom. The number of rotatable bonds is 0. The van der Waals surface area contributed by atoms with Crippen LogP contribution in [0.3, 0.4) is 0 Å². The van der Waals surface area contributed by atoms with Gasteiger partial charge in [0.15, 0.2) is 0 Å². The largest absolute Gasteiger partial charge is 0.299 e. The molecule has 2 heteroatoms. The minimum atomic E-state index is 0.962. The van der Waals surface area contributed by atoms with Gasteiger partial charge in [0.05, 0.1) is 6.61 Å². The van der Waals surface area contributed by atoms with Gasteiger partial charge in [0.25, 0.3) is 0 Å². The molecule has 0 amide bonds. The number of hydrogen-bond donors (Lipinski definition) is 0. The quantitative estimate of drug-likeness (QED) is 0.457. The van der Waals surface area contributed by atoms with Gasteiger partial charge >= 0.3 is 0 Å². The van der Waals surface area contributed by atoms with Crippen molar-refractivity contribution in [1.29, 1.82) is 0 Å². The van der Waals surface area contributed by atoms with E-state index in [-0.39, 0.29) is 0 Å². The first kappa shape index (κ1) is 4.77. The molecule has 2 aliphatic heterocycles. The third-order valence-electron chi connectivity index (χ3n) is 2.05. The SMILES string of the molecule is C1CC2CCN(C2)O1. The first-order valence-corrected chi connectivity index (χ1v) is 3.33. The Kier molecular flexibility index (Phi) is 1.02. The number of fused-ring (bicyclic) bond motifs is 2. The second-order valence-electron chi connectivity index (χ2n) is 2.66. The summed E-state index contributed by atoms with van der Waals surface area (Å²) in [7, 11) is 0. The van der Waals surface area contributed by atoms with Crippen molar-refractivity contribution in [2.45, 2.75) is 12.8 Å². The maximum atomic E-state index is 5.30. The highest BCUT2D eigenvalue weighted by molar-refractivity contribution is 4.73. The maximum Gasteiger partial charge on any atom is 0.0688 e. The predicted molar refractivity (Wildman–Crippen MR) is 30.2 cm³/mol. The van der Waals surface area contributed by atoms with Crippen LogP contribution in [0.15, 0.2) is 0 Å². The third-order valence-corrected chi connectivity index (χ3v) is 2.05. The van der Waals surface area contributed by atoms with Gasteiger partial charge in [-0.05, 0) is 18.8 Å². The molecule has 0 aromatic carbocycles. The van der Waals surface area contributed by atoms with E-state index in [1.807, 2.05) is 0 Å². The molecular formula is C6H11NO. The molecule has 8 heavy (non-hydrogen) atoms. The van der Waals surface area contributed by atoms with Gasteiger partial charge in [-0.15, -0.1) is 0 Å². The third kappa shape index (κ3) is 0.644. The van der Waals surface area contributed by atoms with Crippen LogP contribution < -0.4 is 0 Å². The van der Waals surface area contributed by atoms with Gasteiger partial charge in [0.1, 0.15) is 0 Å². The Hall–Kier alpha value is -0.0800. The van der Waals surface area contributed by atoms with Gasteiger partial charge in [0.2, 0.25) is 0 Å². The standard InChI is InChI=1S/C6H11NO/c1-3-7-5-6(1)2-4-8-7/h6H,1-5H2. The fourth-order valence-electron chi connectivity index (χ4n) is 1.50. The lowest BCUT2D eigenvalue weighted by Crippen LogP contribution is -2.26. The van der Waals surface area contributed by atoms with E-state index in [0.29, 0.717) is 0 Å². The van der Waals surface area contributed by atoms with Gasteiger partial charge in [-0.25, -0.2) is 0 Å². The summed E-state index contributed by atoms with van der Waals surface area (Å²) < 4.78 is 0. The van der Waals surface area contributed by atoms with Crippen LogP contribution >= 0.6 is 0 Å². The van der Waals surface area contributed by atoms with Crippen molar-refractivity contribution >= 4 is 0 Å². The molecule has 0 spiro atoms. The molecule has 2 heterocycles. The Balaban J connectivity index is 2.03. The molecule has 0 aliphatic carbocycles. The average molecular weight is 113 g/mol. The fraction of sp³-hybridized carbons (Fsp3) is 1.00. The highest BCUT2D eigenvalue weighted by atomic mass is 16.7. The normalized spacial score (nSPS) is 45.0. The molecule has 2 saturated heterocycles. The molecule has 0 N–H and O–H groups in total. The van der Waals surface area contributed by atoms with Gasteiger partial charge in [-0.2, -0.15) is 5.06 Å². The zero-order valence-electron chi connectivity index (χ0n) is 4.97. The lowest BCUT2D eigenvalue weighted by atomic mass is 10.1. The molecule has 2 aliphatic rings. The van der Waals surface area contributed by atoms with Crippen LogP contribution in [0.2, 0.25) is 0 Å². The lowest BCUT2D eigenvalue weighted by molar-refractivity contribution is -0.163. The lowest BCUT2D eigenvalue weighted by Gasteiger charge is -2.20. The van der Waals surface area contributed by atoms with Crippen molar-refractivity contribution in [3.8, 4) is 0 Å². The molecule has 0 aromatic heterocycles. The summed E-state index contributed by atoms with van der Waals surface area (Å²) in [6.07, 6.45) is 2.65. The van der Waals surface area contributed by atoms with Crippen molar-refractivity contribution in [3.63, 3.8) is 0 Å². The summed E-state index contributed by atoms with van der Waals surface area (Å²) in [6, 6.07) is 0. The summed E-state index contributed by atoms with van der Waals surface area (Å²) in [4.78, 5) is 5.30. The van der Waals surface area contributed by atoms with E-state index < -0.39 is 0 Å². The van der Waals surface area contributed by atoms with Gasteiger partial charge in [-0.1, -0.05) is 0 Å². The number of nitrogens with zero attached hydrogens (tertiary/aromatic N) is 1. The summed E-state index contributed by atoms with van der Waals surface area (Å²) in [6.45, 7) is 3.33. The first-order chi connectivity index (χ1) is 3.95. The van der Waals surface area contributed by atoms with E-state index in [1.54, 1.807) is 0 Å². The number of hydrogen-bond acceptors (Lipinski definition) is 2. The molecule has 2 bridgehead atoms. The minimum Gasteiger partial charge on any atom is -0.299 e. The summed E-state index contributed by atoms with van der Waals surface area (Å²) in [5.41, 5.74) is 0. The monoisotopic (exact) mass is 113 g/mol. The van der Waals surface area contributed by atoms with Crippen molar-refractivity contribution in [1.82, 2.24) is 5.06 Å². The molecule has 46 valence electrons. The van der Waals surface area contributed by atoms with E-state index in [1.165, 1.54) is 25.9 Å². The highest BCUT2D eigenvalue weighted by Gasteiger charge is 2.26. The van der Waals surface area contributed by atoms with E-state index >= 15 is 0 Å². The van der Waals surface area contributed by atoms with Crippen LogP contribution in [0.1, 0.15) is 12.8 Å². The summed E-state index contributed by atoms with van der Waals surface area (Å²) in [5.74, 6) is 0.962. The molecule has 0 aromatic rings. The van der Waals surface area contributed by atoms with Crippen LogP contribution in [0.4, 0.5) is 0 Å². The van der Waals surface area contributed by atoms with Crippen LogP contribution in [0.25, 0.3) is 0 Å². The summed E-state index contributed by atoms with van der Waals surface area (Å²) >= 11 is 0. The van der Waals surface area contributed by atoms with Crippen molar-refractivity contribution in [3.05, 3.63) is 0 Å². The molecule has 2 nitrogen and oxygen atoms in total. The van der Waals surface area contributed by atoms with E-state index in [2.05, 4.69) is 5.06 Å². The molecule has 2 rings (SSSR count). The average Bonchev–Trinajstić information content (AvgIpc) is 2.12. The van der Waals surface area contributed by atoms with Crippen LogP contribution in [-0.2, 0) is 4.84 Å². The molecule has 0 saturated carbocycles. The highest BCUT2D eigenvalue weighted by Crippen LogP contribution is 2.23. The van der Waals surface area contributed by atoms with Crippen LogP contribution in [0.5, 0.6) is 0 Å². The minimum absolute atomic E-state index is 0.962. The summed E-state index contributed by atoms with van der Waals surface area (Å²) in [5, 5.41) is 2.09. The van der Waals surface area contributed by atoms with Gasteiger partial charge < -0.3 is 0 Å². The van der Waals surface area contributed by atoms with Crippen LogP contribution in [-0.4, -0.2) is 24.8 Å². The molecule has 2 fully saturated rings. The van der Waals surface area contributed by atoms with E-state index in [9.17, 15) is 0 Å². The van der Waals surface area contributed by atoms with Crippen molar-refractivity contribution in [2.75, 3.05) is 19.7 Å². The van der Waals surface area contributed by atoms with Gasteiger partial charge in [0, 0.05) is 13.1 Å². The zero-order valence-corrected chi connectivity index (χ0v) is 4.97. The Morgan fingerprint density at radius 2 is 2.38 bits per heavy atom. The molecular weight excluding hydrogens is 102 g/mol. The van der Waals surface area contributed by atoms with Crippen molar-refractivity contribution < 1.29 is 4.84 Å². The van der Waals surface area contributed by atoms with Crippen LogP contribution in [0, 0.1) is 5.92 Å². The maximum absolute atomic E-state index is 5.30. The number of hydroxylamine groups is 2.